The number of hydrogen-bond acceptors (Lipinski definition) is 10. The highest BCUT2D eigenvalue weighted by molar-refractivity contribution is 6.26. The molecule has 4 heterocycles. The number of anilines is 2. The molecule has 4 fully saturated rings. The van der Waals surface area contributed by atoms with Crippen molar-refractivity contribution < 1.29 is 38.1 Å². The maximum absolute atomic E-state index is 14.7. The summed E-state index contributed by atoms with van der Waals surface area (Å²) in [6.07, 6.45) is 0. The van der Waals surface area contributed by atoms with Gasteiger partial charge < -0.3 is 18.9 Å². The Labute approximate surface area is 301 Å². The van der Waals surface area contributed by atoms with Crippen LogP contribution >= 0.6 is 0 Å². The van der Waals surface area contributed by atoms with Gasteiger partial charge >= 0.3 is 0 Å². The van der Waals surface area contributed by atoms with Crippen molar-refractivity contribution in [1.82, 2.24) is 10.0 Å². The number of hydrogen-bond donors (Lipinski definition) is 0. The highest BCUT2D eigenvalue weighted by Gasteiger charge is 2.73. The molecule has 0 spiro atoms. The van der Waals surface area contributed by atoms with Crippen LogP contribution in [0.1, 0.15) is 37.1 Å². The van der Waals surface area contributed by atoms with Crippen molar-refractivity contribution in [1.29, 1.82) is 0 Å². The lowest BCUT2D eigenvalue weighted by molar-refractivity contribution is -0.136. The van der Waals surface area contributed by atoms with Gasteiger partial charge in [0.1, 0.15) is 35.1 Å². The normalized spacial score (nSPS) is 25.4. The van der Waals surface area contributed by atoms with Gasteiger partial charge in [0.2, 0.25) is 11.8 Å². The Morgan fingerprint density at radius 3 is 1.08 bits per heavy atom. The summed E-state index contributed by atoms with van der Waals surface area (Å²) in [4.78, 5) is 61.3. The lowest BCUT2D eigenvalue weighted by atomic mass is 9.84. The molecule has 0 aliphatic carbocycles. The van der Waals surface area contributed by atoms with E-state index in [-0.39, 0.29) is 11.8 Å². The lowest BCUT2D eigenvalue weighted by Crippen LogP contribution is -2.50. The van der Waals surface area contributed by atoms with E-state index < -0.39 is 47.8 Å². The van der Waals surface area contributed by atoms with E-state index in [1.165, 1.54) is 9.80 Å². The van der Waals surface area contributed by atoms with E-state index in [0.717, 1.165) is 0 Å². The van der Waals surface area contributed by atoms with Crippen LogP contribution in [0.2, 0.25) is 0 Å². The molecule has 12 heteroatoms. The van der Waals surface area contributed by atoms with E-state index in [2.05, 4.69) is 0 Å². The van der Waals surface area contributed by atoms with Gasteiger partial charge in [0.15, 0.2) is 0 Å². The standard InChI is InChI=1S/C40H38N4O8/c1-5-51-29-19-11-25(12-20-29)41-37(45)31-33(23-7-15-27(49-3)16-8-23)44-36-32(38(46)42(40(36)48)26-13-21-30(22-14-26)52-6-2)34(43(44)35(31)39(41)47)24-9-17-28(50-4)18-10-24/h7-22,31-36H,5-6H2,1-4H3/t31-,32-,33-,34+,35+,36+/m0/s1. The van der Waals surface area contributed by atoms with Crippen LogP contribution in [-0.4, -0.2) is 73.2 Å². The molecule has 12 nitrogen and oxygen atoms in total. The molecule has 52 heavy (non-hydrogen) atoms. The van der Waals surface area contributed by atoms with Gasteiger partial charge in [-0.15, -0.1) is 0 Å². The number of imide groups is 2. The van der Waals surface area contributed by atoms with Gasteiger partial charge in [-0.2, -0.15) is 0 Å². The van der Waals surface area contributed by atoms with Gasteiger partial charge in [-0.05, 0) is 97.8 Å². The van der Waals surface area contributed by atoms with Crippen LogP contribution in [0, 0.1) is 11.8 Å². The Morgan fingerprint density at radius 1 is 0.442 bits per heavy atom. The Morgan fingerprint density at radius 2 is 0.769 bits per heavy atom. The predicted molar refractivity (Wildman–Crippen MR) is 190 cm³/mol. The fourth-order valence-corrected chi connectivity index (χ4v) is 8.33. The van der Waals surface area contributed by atoms with Gasteiger partial charge in [0, 0.05) is 0 Å². The summed E-state index contributed by atoms with van der Waals surface area (Å²) in [7, 11) is 3.14. The number of rotatable bonds is 10. The topological polar surface area (TPSA) is 118 Å². The number of amides is 4. The number of carbonyl (C=O) groups excluding carboxylic acids is 4. The zero-order chi connectivity index (χ0) is 36.3. The maximum atomic E-state index is 14.7. The van der Waals surface area contributed by atoms with Crippen LogP contribution in [-0.2, 0) is 19.2 Å². The average molecular weight is 703 g/mol. The molecule has 4 saturated heterocycles. The first-order valence-electron chi connectivity index (χ1n) is 17.4. The molecule has 4 aliphatic rings. The van der Waals surface area contributed by atoms with Gasteiger partial charge in [0.25, 0.3) is 11.8 Å². The smallest absolute Gasteiger partial charge is 0.253 e. The number of hydrazine groups is 1. The van der Waals surface area contributed by atoms with Gasteiger partial charge in [0.05, 0.1) is 62.7 Å². The van der Waals surface area contributed by atoms with Crippen molar-refractivity contribution in [2.24, 2.45) is 11.8 Å². The molecule has 4 aliphatic heterocycles. The first-order chi connectivity index (χ1) is 25.3. The Balaban J connectivity index is 1.28. The van der Waals surface area contributed by atoms with Crippen molar-refractivity contribution >= 4 is 35.0 Å². The Bertz CT molecular complexity index is 1870. The summed E-state index contributed by atoms with van der Waals surface area (Å²) >= 11 is 0. The zero-order valence-corrected chi connectivity index (χ0v) is 29.2. The third-order valence-electron chi connectivity index (χ3n) is 10.5. The number of benzene rings is 4. The number of methoxy groups -OCH3 is 2. The molecule has 0 radical (unpaired) electrons. The van der Waals surface area contributed by atoms with E-state index in [1.807, 2.05) is 48.1 Å². The van der Waals surface area contributed by atoms with Crippen molar-refractivity contribution in [2.45, 2.75) is 38.0 Å². The summed E-state index contributed by atoms with van der Waals surface area (Å²) in [5, 5.41) is 3.69. The van der Waals surface area contributed by atoms with Crippen molar-refractivity contribution in [3.05, 3.63) is 108 Å². The minimum Gasteiger partial charge on any atom is -0.497 e. The lowest BCUT2D eigenvalue weighted by Gasteiger charge is -2.35. The fraction of sp³-hybridized carbons (Fsp3) is 0.300. The largest absolute Gasteiger partial charge is 0.497 e. The Hall–Kier alpha value is -5.72. The van der Waals surface area contributed by atoms with Crippen LogP contribution in [0.5, 0.6) is 23.0 Å². The van der Waals surface area contributed by atoms with E-state index in [0.29, 0.717) is 58.7 Å². The van der Waals surface area contributed by atoms with E-state index >= 15 is 0 Å². The molecular weight excluding hydrogens is 664 g/mol. The molecule has 8 rings (SSSR count). The molecule has 266 valence electrons. The number of carbonyl (C=O) groups is 4. The second kappa shape index (κ2) is 13.1. The molecular formula is C40H38N4O8. The van der Waals surface area contributed by atoms with Gasteiger partial charge in [-0.3, -0.25) is 19.2 Å². The van der Waals surface area contributed by atoms with Crippen LogP contribution in [0.15, 0.2) is 97.1 Å². The second-order valence-corrected chi connectivity index (χ2v) is 13.0. The summed E-state index contributed by atoms with van der Waals surface area (Å²) in [6, 6.07) is 24.8. The monoisotopic (exact) mass is 702 g/mol. The third-order valence-corrected chi connectivity index (χ3v) is 10.5. The van der Waals surface area contributed by atoms with Crippen LogP contribution in [0.4, 0.5) is 11.4 Å². The fourth-order valence-electron chi connectivity index (χ4n) is 8.33. The predicted octanol–water partition coefficient (Wildman–Crippen LogP) is 4.95. The van der Waals surface area contributed by atoms with Gasteiger partial charge in [-0.25, -0.2) is 19.8 Å². The molecule has 0 bridgehead atoms. The summed E-state index contributed by atoms with van der Waals surface area (Å²) < 4.78 is 22.1. The third kappa shape index (κ3) is 5.04. The SMILES string of the molecule is CCOc1ccc(N2C(=O)[C@@H]3[C@H](C2=O)N2[C@H](c4ccc(OC)cc4)[C@@H]4C(=O)N(c5ccc(OCC)cc5)C(=O)[C@@H]4N2[C@H]3c2ccc(OC)cc2)cc1. The van der Waals surface area contributed by atoms with Crippen LogP contribution < -0.4 is 28.7 Å². The van der Waals surface area contributed by atoms with E-state index in [1.54, 1.807) is 87.0 Å². The minimum atomic E-state index is -0.997. The summed E-state index contributed by atoms with van der Waals surface area (Å²) in [5.41, 5.74) is 2.26. The van der Waals surface area contributed by atoms with Crippen molar-refractivity contribution in [3.8, 4) is 23.0 Å². The number of ether oxygens (including phenoxy) is 4. The number of fused-ring (bicyclic) bond motifs is 5. The molecule has 4 amide bonds. The molecule has 0 aromatic heterocycles. The highest BCUT2D eigenvalue weighted by atomic mass is 16.5. The Kier molecular flexibility index (Phi) is 8.43. The first-order valence-corrected chi connectivity index (χ1v) is 17.4. The van der Waals surface area contributed by atoms with Gasteiger partial charge in [-0.1, -0.05) is 24.3 Å². The molecule has 4 aromatic rings. The van der Waals surface area contributed by atoms with Crippen molar-refractivity contribution in [3.63, 3.8) is 0 Å². The van der Waals surface area contributed by atoms with E-state index in [9.17, 15) is 19.2 Å². The van der Waals surface area contributed by atoms with Crippen LogP contribution in [0.3, 0.4) is 0 Å². The van der Waals surface area contributed by atoms with E-state index in [4.69, 9.17) is 18.9 Å². The molecule has 0 N–H and O–H groups in total. The molecule has 6 atom stereocenters. The number of nitrogens with zero attached hydrogens (tertiary/aromatic N) is 4. The zero-order valence-electron chi connectivity index (χ0n) is 29.2. The van der Waals surface area contributed by atoms with Crippen molar-refractivity contribution in [2.75, 3.05) is 37.2 Å². The summed E-state index contributed by atoms with van der Waals surface area (Å²) in [5.74, 6) is -0.952. The molecule has 0 saturated carbocycles. The minimum absolute atomic E-state index is 0.389. The average Bonchev–Trinajstić information content (AvgIpc) is 3.84. The summed E-state index contributed by atoms with van der Waals surface area (Å²) in [6.45, 7) is 4.71. The second-order valence-electron chi connectivity index (χ2n) is 13.0. The quantitative estimate of drug-likeness (QED) is 0.210. The highest BCUT2D eigenvalue weighted by Crippen LogP contribution is 2.60. The molecule has 0 unspecified atom stereocenters. The maximum Gasteiger partial charge on any atom is 0.253 e. The first kappa shape index (κ1) is 33.4. The molecule has 4 aromatic carbocycles. The van der Waals surface area contributed by atoms with Crippen LogP contribution in [0.25, 0.3) is 0 Å².